The number of hydrogen-bond acceptors (Lipinski definition) is 0. The summed E-state index contributed by atoms with van der Waals surface area (Å²) in [6, 6.07) is 0. The van der Waals surface area contributed by atoms with Gasteiger partial charge in [-0.05, 0) is 0 Å². The Bertz CT molecular complexity index is 7.51. The summed E-state index contributed by atoms with van der Waals surface area (Å²) in [5, 5.41) is 0. The SMILES string of the molecule is O.[CH3-].[CH3-].[CH3-].[CH3-].[Ti+4]. The summed E-state index contributed by atoms with van der Waals surface area (Å²) in [6.07, 6.45) is 0. The van der Waals surface area contributed by atoms with E-state index in [4.69, 9.17) is 0 Å². The van der Waals surface area contributed by atoms with Gasteiger partial charge in [0.25, 0.3) is 0 Å². The van der Waals surface area contributed by atoms with Crippen LogP contribution >= 0.6 is 0 Å². The number of hydrogen-bond donors (Lipinski definition) is 0. The van der Waals surface area contributed by atoms with E-state index in [2.05, 4.69) is 0 Å². The molecule has 0 bridgehead atoms. The standard InChI is InChI=1S/4CH3.H2O.Ti/h4*1H3;1H2;/q4*-1;;+4. The minimum atomic E-state index is 0. The van der Waals surface area contributed by atoms with Crippen molar-refractivity contribution in [3.63, 3.8) is 0 Å². The van der Waals surface area contributed by atoms with Crippen LogP contribution in [0.4, 0.5) is 0 Å². The van der Waals surface area contributed by atoms with E-state index in [1.54, 1.807) is 0 Å². The molecule has 6 heavy (non-hydrogen) atoms. The second kappa shape index (κ2) is 273. The van der Waals surface area contributed by atoms with Crippen molar-refractivity contribution in [3.8, 4) is 0 Å². The maximum Gasteiger partial charge on any atom is 4.00 e. The molecule has 0 atom stereocenters. The van der Waals surface area contributed by atoms with Crippen molar-refractivity contribution in [2.45, 2.75) is 0 Å². The summed E-state index contributed by atoms with van der Waals surface area (Å²) in [7, 11) is 0. The van der Waals surface area contributed by atoms with Crippen LogP contribution in [0, 0.1) is 29.7 Å². The predicted molar refractivity (Wildman–Crippen MR) is 29.3 cm³/mol. The summed E-state index contributed by atoms with van der Waals surface area (Å²) in [6.45, 7) is 0. The quantitative estimate of drug-likeness (QED) is 0.342. The first kappa shape index (κ1) is 473. The van der Waals surface area contributed by atoms with Gasteiger partial charge in [-0.25, -0.2) is 0 Å². The maximum atomic E-state index is 0. The molecule has 0 heterocycles. The van der Waals surface area contributed by atoms with Gasteiger partial charge in [0, 0.05) is 0 Å². The summed E-state index contributed by atoms with van der Waals surface area (Å²) >= 11 is 0. The zero-order valence-electron chi connectivity index (χ0n) is 5.00. The van der Waals surface area contributed by atoms with E-state index in [9.17, 15) is 0 Å². The Balaban J connectivity index is 0. The monoisotopic (exact) mass is 126 g/mol. The molecule has 0 aromatic rings. The Kier molecular flexibility index (Phi) is 21500. The van der Waals surface area contributed by atoms with Crippen molar-refractivity contribution >= 4 is 0 Å². The zero-order valence-corrected chi connectivity index (χ0v) is 6.56. The van der Waals surface area contributed by atoms with Gasteiger partial charge in [0.2, 0.25) is 0 Å². The van der Waals surface area contributed by atoms with Crippen molar-refractivity contribution in [1.29, 1.82) is 0 Å². The Morgan fingerprint density at radius 2 is 0.500 bits per heavy atom. The molecule has 0 unspecified atom stereocenters. The molecule has 0 saturated heterocycles. The van der Waals surface area contributed by atoms with Gasteiger partial charge in [-0.2, -0.15) is 0 Å². The Hall–Kier alpha value is 0.674. The van der Waals surface area contributed by atoms with Crippen molar-refractivity contribution in [1.82, 2.24) is 0 Å². The van der Waals surface area contributed by atoms with Crippen LogP contribution in [0.15, 0.2) is 0 Å². The molecule has 0 aliphatic rings. The Morgan fingerprint density at radius 3 is 0.500 bits per heavy atom. The first-order valence-corrected chi connectivity index (χ1v) is 0. The summed E-state index contributed by atoms with van der Waals surface area (Å²) in [5.74, 6) is 0. The van der Waals surface area contributed by atoms with E-state index in [-0.39, 0.29) is 56.9 Å². The van der Waals surface area contributed by atoms with Crippen LogP contribution < -0.4 is 0 Å². The molecule has 0 aliphatic heterocycles. The van der Waals surface area contributed by atoms with Gasteiger partial charge >= 0.3 is 21.7 Å². The van der Waals surface area contributed by atoms with Crippen LogP contribution in [-0.2, 0) is 21.7 Å². The van der Waals surface area contributed by atoms with Crippen LogP contribution in [0.2, 0.25) is 0 Å². The molecular formula is C4H14OTi. The van der Waals surface area contributed by atoms with Gasteiger partial charge in [0.15, 0.2) is 0 Å². The fourth-order valence-corrected chi connectivity index (χ4v) is 0. The average molecular weight is 126 g/mol. The van der Waals surface area contributed by atoms with Gasteiger partial charge in [-0.15, -0.1) is 0 Å². The van der Waals surface area contributed by atoms with Gasteiger partial charge < -0.3 is 35.2 Å². The van der Waals surface area contributed by atoms with Gasteiger partial charge in [-0.1, -0.05) is 0 Å². The first-order chi connectivity index (χ1) is 0. The van der Waals surface area contributed by atoms with Gasteiger partial charge in [0.05, 0.1) is 0 Å². The molecule has 0 saturated carbocycles. The molecule has 0 aromatic heterocycles. The van der Waals surface area contributed by atoms with E-state index in [1.165, 1.54) is 0 Å². The first-order valence-electron chi connectivity index (χ1n) is 0. The molecule has 0 aromatic carbocycles. The average Bonchev–Trinajstić information content (AvgIpc) is 0. The third-order valence-electron chi connectivity index (χ3n) is 0. The molecule has 0 rings (SSSR count). The molecule has 2 N–H and O–H groups in total. The third kappa shape index (κ3) is 139. The summed E-state index contributed by atoms with van der Waals surface area (Å²) < 4.78 is 0. The van der Waals surface area contributed by atoms with Crippen molar-refractivity contribution in [2.24, 2.45) is 0 Å². The normalized spacial score (nSPS) is 0. The van der Waals surface area contributed by atoms with Crippen LogP contribution in [0.1, 0.15) is 0 Å². The molecule has 40 valence electrons. The molecule has 0 spiro atoms. The fraction of sp³-hybridized carbons (Fsp3) is 0. The van der Waals surface area contributed by atoms with Crippen LogP contribution in [0.3, 0.4) is 0 Å². The predicted octanol–water partition coefficient (Wildman–Crippen LogP) is 0.974. The van der Waals surface area contributed by atoms with Crippen LogP contribution in [0.25, 0.3) is 0 Å². The van der Waals surface area contributed by atoms with Crippen molar-refractivity contribution in [2.75, 3.05) is 0 Å². The minimum Gasteiger partial charge on any atom is -0.412 e. The molecule has 0 radical (unpaired) electrons. The van der Waals surface area contributed by atoms with Crippen LogP contribution in [-0.4, -0.2) is 5.48 Å². The molecule has 0 amide bonds. The Labute approximate surface area is 57.3 Å². The molecule has 0 aliphatic carbocycles. The van der Waals surface area contributed by atoms with Gasteiger partial charge in [0.1, 0.15) is 0 Å². The zero-order chi connectivity index (χ0) is 0. The van der Waals surface area contributed by atoms with E-state index in [0.29, 0.717) is 0 Å². The minimum absolute atomic E-state index is 0. The fourth-order valence-electron chi connectivity index (χ4n) is 0. The van der Waals surface area contributed by atoms with Crippen molar-refractivity contribution < 1.29 is 27.2 Å². The molecule has 1 nitrogen and oxygen atoms in total. The van der Waals surface area contributed by atoms with E-state index < -0.39 is 0 Å². The number of rotatable bonds is 0. The summed E-state index contributed by atoms with van der Waals surface area (Å²) in [4.78, 5) is 0. The van der Waals surface area contributed by atoms with E-state index in [1.807, 2.05) is 0 Å². The maximum absolute atomic E-state index is 0. The molecule has 0 fully saturated rings. The molecular weight excluding hydrogens is 112 g/mol. The largest absolute Gasteiger partial charge is 4.00 e. The Morgan fingerprint density at radius 1 is 0.500 bits per heavy atom. The second-order valence-electron chi connectivity index (χ2n) is 0. The van der Waals surface area contributed by atoms with Crippen molar-refractivity contribution in [3.05, 3.63) is 29.7 Å². The van der Waals surface area contributed by atoms with E-state index >= 15 is 0 Å². The third-order valence-corrected chi connectivity index (χ3v) is 0. The smallest absolute Gasteiger partial charge is 0.412 e. The topological polar surface area (TPSA) is 31.5 Å². The van der Waals surface area contributed by atoms with Gasteiger partial charge in [-0.3, -0.25) is 0 Å². The summed E-state index contributed by atoms with van der Waals surface area (Å²) in [5.41, 5.74) is 0. The van der Waals surface area contributed by atoms with E-state index in [0.717, 1.165) is 0 Å². The van der Waals surface area contributed by atoms with Crippen LogP contribution in [0.5, 0.6) is 0 Å². The second-order valence-corrected chi connectivity index (χ2v) is 0. The molecule has 2 heteroatoms.